The Morgan fingerprint density at radius 3 is 2.45 bits per heavy atom. The van der Waals surface area contributed by atoms with Gasteiger partial charge in [0.05, 0.1) is 0 Å². The van der Waals surface area contributed by atoms with E-state index in [4.69, 9.17) is 0 Å². The largest absolute Gasteiger partial charge is 0.344 e. The van der Waals surface area contributed by atoms with Crippen molar-refractivity contribution in [2.75, 3.05) is 0 Å². The number of rotatable bonds is 1. The zero-order valence-corrected chi connectivity index (χ0v) is 12.4. The lowest BCUT2D eigenvalue weighted by molar-refractivity contribution is 1.01. The molecule has 0 radical (unpaired) electrons. The molecule has 0 N–H and O–H groups in total. The van der Waals surface area contributed by atoms with Crippen LogP contribution in [0, 0.1) is 6.92 Å². The summed E-state index contributed by atoms with van der Waals surface area (Å²) in [6, 6.07) is 19.8. The van der Waals surface area contributed by atoms with Crippen LogP contribution >= 0.6 is 11.3 Å². The van der Waals surface area contributed by atoms with Gasteiger partial charge in [0.1, 0.15) is 0 Å². The Labute approximate surface area is 122 Å². The van der Waals surface area contributed by atoms with E-state index in [0.29, 0.717) is 0 Å². The van der Waals surface area contributed by atoms with Crippen LogP contribution in [-0.2, 0) is 7.05 Å². The summed E-state index contributed by atoms with van der Waals surface area (Å²) >= 11 is 1.85. The molecule has 0 spiro atoms. The van der Waals surface area contributed by atoms with Crippen LogP contribution < -0.4 is 0 Å². The molecule has 0 aliphatic heterocycles. The lowest BCUT2D eigenvalue weighted by atomic mass is 10.1. The van der Waals surface area contributed by atoms with E-state index in [1.807, 2.05) is 11.3 Å². The molecule has 0 saturated carbocycles. The van der Waals surface area contributed by atoms with Crippen LogP contribution in [0.5, 0.6) is 0 Å². The minimum Gasteiger partial charge on any atom is -0.344 e. The number of thiophene rings is 1. The van der Waals surface area contributed by atoms with E-state index in [-0.39, 0.29) is 0 Å². The van der Waals surface area contributed by atoms with Crippen LogP contribution in [-0.4, -0.2) is 4.57 Å². The minimum absolute atomic E-state index is 1.29. The molecule has 2 aromatic heterocycles. The molecule has 2 heterocycles. The highest BCUT2D eigenvalue weighted by molar-refractivity contribution is 7.15. The molecule has 1 nitrogen and oxygen atoms in total. The van der Waals surface area contributed by atoms with Gasteiger partial charge in [0.2, 0.25) is 0 Å². The fraction of sp³-hybridized carbons (Fsp3) is 0.111. The Hall–Kier alpha value is -2.06. The van der Waals surface area contributed by atoms with Gasteiger partial charge in [0, 0.05) is 38.6 Å². The van der Waals surface area contributed by atoms with Crippen molar-refractivity contribution in [3.05, 3.63) is 59.5 Å². The summed E-state index contributed by atoms with van der Waals surface area (Å²) in [6.45, 7) is 2.16. The monoisotopic (exact) mass is 277 g/mol. The number of hydrogen-bond acceptors (Lipinski definition) is 1. The average Bonchev–Trinajstić information content (AvgIpc) is 3.03. The Balaban J connectivity index is 2.04. The number of aryl methyl sites for hydroxylation is 2. The van der Waals surface area contributed by atoms with E-state index >= 15 is 0 Å². The maximum Gasteiger partial charge on any atom is 0.0495 e. The van der Waals surface area contributed by atoms with E-state index in [1.54, 1.807) is 0 Å². The van der Waals surface area contributed by atoms with Crippen molar-refractivity contribution in [1.82, 2.24) is 4.57 Å². The van der Waals surface area contributed by atoms with Crippen LogP contribution in [0.25, 0.3) is 32.2 Å². The van der Waals surface area contributed by atoms with Crippen LogP contribution in [0.4, 0.5) is 0 Å². The Morgan fingerprint density at radius 2 is 1.65 bits per heavy atom. The second-order valence-electron chi connectivity index (χ2n) is 5.22. The molecule has 0 aliphatic rings. The van der Waals surface area contributed by atoms with Crippen LogP contribution in [0.3, 0.4) is 0 Å². The van der Waals surface area contributed by atoms with Crippen molar-refractivity contribution in [3.8, 4) is 10.4 Å². The van der Waals surface area contributed by atoms with Crippen molar-refractivity contribution in [2.24, 2.45) is 7.05 Å². The van der Waals surface area contributed by atoms with Gasteiger partial charge >= 0.3 is 0 Å². The molecule has 0 fully saturated rings. The van der Waals surface area contributed by atoms with Gasteiger partial charge in [0.15, 0.2) is 0 Å². The van der Waals surface area contributed by atoms with Crippen molar-refractivity contribution in [2.45, 2.75) is 6.92 Å². The van der Waals surface area contributed by atoms with Gasteiger partial charge in [-0.25, -0.2) is 0 Å². The summed E-state index contributed by atoms with van der Waals surface area (Å²) in [5.74, 6) is 0. The van der Waals surface area contributed by atoms with Gasteiger partial charge in [-0.2, -0.15) is 0 Å². The highest BCUT2D eigenvalue weighted by atomic mass is 32.1. The molecule has 0 bridgehead atoms. The molecular formula is C18H15NS. The molecule has 4 aromatic rings. The van der Waals surface area contributed by atoms with E-state index in [0.717, 1.165) is 0 Å². The summed E-state index contributed by atoms with van der Waals surface area (Å²) in [4.78, 5) is 2.70. The van der Waals surface area contributed by atoms with Crippen LogP contribution in [0.2, 0.25) is 0 Å². The molecule has 0 unspecified atom stereocenters. The third-order valence-electron chi connectivity index (χ3n) is 3.94. The van der Waals surface area contributed by atoms with Gasteiger partial charge in [0.25, 0.3) is 0 Å². The zero-order chi connectivity index (χ0) is 13.7. The summed E-state index contributed by atoms with van der Waals surface area (Å²) in [5, 5.41) is 2.67. The van der Waals surface area contributed by atoms with Crippen molar-refractivity contribution in [3.63, 3.8) is 0 Å². The second kappa shape index (κ2) is 4.22. The number of para-hydroxylation sites is 1. The lowest BCUT2D eigenvalue weighted by Crippen LogP contribution is -1.86. The van der Waals surface area contributed by atoms with Crippen LogP contribution in [0.15, 0.2) is 54.6 Å². The first-order valence-corrected chi connectivity index (χ1v) is 7.60. The maximum absolute atomic E-state index is 2.31. The lowest BCUT2D eigenvalue weighted by Gasteiger charge is -2.01. The highest BCUT2D eigenvalue weighted by Gasteiger charge is 2.09. The van der Waals surface area contributed by atoms with E-state index in [9.17, 15) is 0 Å². The Morgan fingerprint density at radius 1 is 0.850 bits per heavy atom. The first-order valence-electron chi connectivity index (χ1n) is 6.78. The van der Waals surface area contributed by atoms with E-state index in [2.05, 4.69) is 73.1 Å². The molecular weight excluding hydrogens is 262 g/mol. The van der Waals surface area contributed by atoms with Crippen molar-refractivity contribution in [1.29, 1.82) is 0 Å². The third kappa shape index (κ3) is 1.61. The van der Waals surface area contributed by atoms with Gasteiger partial charge < -0.3 is 4.57 Å². The molecule has 0 aliphatic carbocycles. The zero-order valence-electron chi connectivity index (χ0n) is 11.6. The molecule has 0 amide bonds. The molecule has 2 aromatic carbocycles. The van der Waals surface area contributed by atoms with Gasteiger partial charge in [-0.05, 0) is 36.8 Å². The molecule has 98 valence electrons. The number of hydrogen-bond donors (Lipinski definition) is 0. The topological polar surface area (TPSA) is 4.93 Å². The summed E-state index contributed by atoms with van der Waals surface area (Å²) in [7, 11) is 2.15. The first kappa shape index (κ1) is 11.7. The Kier molecular flexibility index (Phi) is 2.48. The summed E-state index contributed by atoms with van der Waals surface area (Å²) < 4.78 is 2.29. The normalized spacial score (nSPS) is 11.5. The quantitative estimate of drug-likeness (QED) is 0.441. The summed E-state index contributed by atoms with van der Waals surface area (Å²) in [6.07, 6.45) is 0. The Bertz CT molecular complexity index is 927. The molecule has 0 saturated heterocycles. The summed E-state index contributed by atoms with van der Waals surface area (Å²) in [5.41, 5.74) is 3.90. The fourth-order valence-corrected chi connectivity index (χ4v) is 3.77. The second-order valence-corrected chi connectivity index (χ2v) is 6.51. The third-order valence-corrected chi connectivity index (χ3v) is 4.99. The number of aromatic nitrogens is 1. The first-order chi connectivity index (χ1) is 9.74. The minimum atomic E-state index is 1.29. The van der Waals surface area contributed by atoms with Crippen LogP contribution in [0.1, 0.15) is 4.88 Å². The predicted molar refractivity (Wildman–Crippen MR) is 88.5 cm³/mol. The molecule has 4 rings (SSSR count). The molecule has 20 heavy (non-hydrogen) atoms. The SMILES string of the molecule is Cc1ccc(-c2ccc3c4ccccc4n(C)c3c2)s1. The van der Waals surface area contributed by atoms with E-state index < -0.39 is 0 Å². The number of nitrogens with zero attached hydrogens (tertiary/aromatic N) is 1. The fourth-order valence-electron chi connectivity index (χ4n) is 2.90. The number of benzene rings is 2. The highest BCUT2D eigenvalue weighted by Crippen LogP contribution is 2.33. The number of fused-ring (bicyclic) bond motifs is 3. The predicted octanol–water partition coefficient (Wildman–Crippen LogP) is 5.37. The van der Waals surface area contributed by atoms with Gasteiger partial charge in [-0.15, -0.1) is 11.3 Å². The molecule has 2 heteroatoms. The average molecular weight is 277 g/mol. The van der Waals surface area contributed by atoms with Gasteiger partial charge in [-0.1, -0.05) is 30.3 Å². The van der Waals surface area contributed by atoms with Crippen molar-refractivity contribution >= 4 is 33.1 Å². The van der Waals surface area contributed by atoms with Gasteiger partial charge in [-0.3, -0.25) is 0 Å². The smallest absolute Gasteiger partial charge is 0.0495 e. The van der Waals surface area contributed by atoms with Crippen molar-refractivity contribution < 1.29 is 0 Å². The standard InChI is InChI=1S/C18H15NS/c1-12-7-10-18(20-12)13-8-9-15-14-5-3-4-6-16(14)19(2)17(15)11-13/h3-11H,1-2H3. The van der Waals surface area contributed by atoms with E-state index in [1.165, 1.54) is 37.1 Å². The molecule has 0 atom stereocenters. The maximum atomic E-state index is 2.31.